The van der Waals surface area contributed by atoms with Crippen LogP contribution in [0.5, 0.6) is 0 Å². The lowest BCUT2D eigenvalue weighted by molar-refractivity contribution is 0.892. The number of hydrogen-bond donors (Lipinski definition) is 0. The zero-order chi connectivity index (χ0) is 12.7. The summed E-state index contributed by atoms with van der Waals surface area (Å²) in [6.45, 7) is 7.08. The van der Waals surface area contributed by atoms with E-state index < -0.39 is 0 Å². The molecule has 92 valence electrons. The Bertz CT molecular complexity index is 743. The first kappa shape index (κ1) is 10.6. The van der Waals surface area contributed by atoms with E-state index in [1.54, 1.807) is 24.4 Å². The van der Waals surface area contributed by atoms with Crippen LogP contribution in [0.25, 0.3) is 22.7 Å². The molecule has 0 saturated carbocycles. The molecule has 0 spiro atoms. The summed E-state index contributed by atoms with van der Waals surface area (Å²) >= 11 is 0. The summed E-state index contributed by atoms with van der Waals surface area (Å²) in [5, 5.41) is 0. The average molecular weight is 242 g/mol. The van der Waals surface area contributed by atoms with Gasteiger partial charge in [0.15, 0.2) is 0 Å². The van der Waals surface area contributed by atoms with Crippen LogP contribution in [-0.2, 0) is 0 Å². The molecule has 0 aromatic carbocycles. The summed E-state index contributed by atoms with van der Waals surface area (Å²) in [5.74, 6) is 0.464. The minimum Gasteiger partial charge on any atom is -0.453 e. The van der Waals surface area contributed by atoms with Gasteiger partial charge in [0.25, 0.3) is 0 Å². The summed E-state index contributed by atoms with van der Waals surface area (Å²) in [6.07, 6.45) is 3.05. The molecule has 7 nitrogen and oxygen atoms in total. The molecule has 2 aliphatic heterocycles. The summed E-state index contributed by atoms with van der Waals surface area (Å²) in [4.78, 5) is 28.3. The first-order valence-corrected chi connectivity index (χ1v) is 5.45. The second-order valence-corrected chi connectivity index (χ2v) is 3.65. The quantitative estimate of drug-likeness (QED) is 0.613. The predicted octanol–water partition coefficient (Wildman–Crippen LogP) is 0.547. The van der Waals surface area contributed by atoms with Crippen LogP contribution in [0.3, 0.4) is 0 Å². The smallest absolute Gasteiger partial charge is 0.236 e. The largest absolute Gasteiger partial charge is 0.453 e. The van der Waals surface area contributed by atoms with Gasteiger partial charge in [-0.25, -0.2) is 0 Å². The molecule has 0 N–H and O–H groups in total. The monoisotopic (exact) mass is 242 g/mol. The van der Waals surface area contributed by atoms with Gasteiger partial charge in [0, 0.05) is 0 Å². The molecule has 18 heavy (non-hydrogen) atoms. The third-order valence-corrected chi connectivity index (χ3v) is 2.74. The Morgan fingerprint density at radius 1 is 1.17 bits per heavy atom. The van der Waals surface area contributed by atoms with Crippen molar-refractivity contribution in [3.63, 3.8) is 0 Å². The Labute approximate surface area is 102 Å². The summed E-state index contributed by atoms with van der Waals surface area (Å²) < 4.78 is 3.14. The third-order valence-electron chi connectivity index (χ3n) is 2.74. The highest BCUT2D eigenvalue weighted by Crippen LogP contribution is 2.22. The van der Waals surface area contributed by atoms with E-state index in [-0.39, 0.29) is 5.69 Å². The normalized spacial score (nSPS) is 11.0. The summed E-state index contributed by atoms with van der Waals surface area (Å²) in [5.41, 5.74) is 1.30. The molecule has 2 aliphatic rings. The van der Waals surface area contributed by atoms with Crippen LogP contribution in [0.4, 0.5) is 0 Å². The summed E-state index contributed by atoms with van der Waals surface area (Å²) in [6, 6.07) is 0. The molecule has 1 aromatic heterocycles. The van der Waals surface area contributed by atoms with Crippen LogP contribution in [0.1, 0.15) is 13.8 Å². The van der Waals surface area contributed by atoms with Crippen LogP contribution in [0.2, 0.25) is 0 Å². The van der Waals surface area contributed by atoms with Gasteiger partial charge < -0.3 is 18.9 Å². The number of nitrogens with zero attached hydrogens (tertiary/aromatic N) is 6. The first-order valence-electron chi connectivity index (χ1n) is 5.45. The maximum absolute atomic E-state index is 11.7. The second-order valence-electron chi connectivity index (χ2n) is 3.65. The number of hydrogen-bond acceptors (Lipinski definition) is 5. The lowest BCUT2D eigenvalue weighted by Gasteiger charge is -2.07. The number of fused-ring (bicyclic) bond motifs is 3. The molecule has 0 bridgehead atoms. The van der Waals surface area contributed by atoms with Crippen molar-refractivity contribution in [2.45, 2.75) is 13.8 Å². The van der Waals surface area contributed by atoms with E-state index in [0.29, 0.717) is 22.7 Å². The minimum absolute atomic E-state index is 0.359. The molecule has 0 amide bonds. The molecule has 0 saturated heterocycles. The van der Waals surface area contributed by atoms with Crippen molar-refractivity contribution in [3.8, 4) is 11.5 Å². The van der Waals surface area contributed by atoms with E-state index in [0.717, 1.165) is 0 Å². The third kappa shape index (κ3) is 1.27. The molecule has 0 aliphatic carbocycles. The van der Waals surface area contributed by atoms with E-state index in [9.17, 15) is 4.79 Å². The van der Waals surface area contributed by atoms with Gasteiger partial charge in [-0.05, 0) is 6.33 Å². The maximum atomic E-state index is 11.7. The number of imidazole rings is 2. The fraction of sp³-hybridized carbons (Fsp3) is 0.182. The highest BCUT2D eigenvalue weighted by molar-refractivity contribution is 5.85. The fourth-order valence-corrected chi connectivity index (χ4v) is 1.90. The van der Waals surface area contributed by atoms with Crippen molar-refractivity contribution < 1.29 is 0 Å². The van der Waals surface area contributed by atoms with E-state index >= 15 is 0 Å². The lowest BCUT2D eigenvalue weighted by atomic mass is 10.3. The van der Waals surface area contributed by atoms with Gasteiger partial charge in [0.05, 0.1) is 29.0 Å². The summed E-state index contributed by atoms with van der Waals surface area (Å²) in [7, 11) is 0. The van der Waals surface area contributed by atoms with E-state index in [2.05, 4.69) is 19.9 Å². The van der Waals surface area contributed by atoms with Crippen molar-refractivity contribution in [2.75, 3.05) is 0 Å². The molecular formula is C11H10N6O-2. The second kappa shape index (κ2) is 3.73. The van der Waals surface area contributed by atoms with Gasteiger partial charge in [0.2, 0.25) is 5.69 Å². The van der Waals surface area contributed by atoms with Crippen molar-refractivity contribution in [1.29, 1.82) is 0 Å². The molecule has 0 atom stereocenters. The minimum atomic E-state index is -0.359. The highest BCUT2D eigenvalue weighted by atomic mass is 16.1. The van der Waals surface area contributed by atoms with E-state index in [4.69, 9.17) is 0 Å². The molecule has 0 unspecified atom stereocenters. The Morgan fingerprint density at radius 3 is 2.72 bits per heavy atom. The number of aromatic nitrogens is 6. The SMILES string of the molecule is C[CH-]n1c2ncnc3c(ncn3[CH-]C)c-2nc1=O. The van der Waals surface area contributed by atoms with Gasteiger partial charge in [0.1, 0.15) is 0 Å². The van der Waals surface area contributed by atoms with Gasteiger partial charge in [-0.15, -0.1) is 13.1 Å². The zero-order valence-corrected chi connectivity index (χ0v) is 9.90. The van der Waals surface area contributed by atoms with Crippen LogP contribution in [0, 0.1) is 13.1 Å². The number of rotatable bonds is 2. The van der Waals surface area contributed by atoms with Crippen LogP contribution in [0.15, 0.2) is 17.4 Å². The van der Waals surface area contributed by atoms with Crippen LogP contribution >= 0.6 is 0 Å². The molecule has 1 aromatic rings. The predicted molar refractivity (Wildman–Crippen MR) is 64.7 cm³/mol. The molecule has 7 heteroatoms. The van der Waals surface area contributed by atoms with Crippen molar-refractivity contribution in [2.24, 2.45) is 0 Å². The molecule has 0 radical (unpaired) electrons. The van der Waals surface area contributed by atoms with E-state index in [1.807, 2.05) is 13.5 Å². The molecule has 3 heterocycles. The van der Waals surface area contributed by atoms with Gasteiger partial charge in [-0.1, -0.05) is 13.8 Å². The van der Waals surface area contributed by atoms with Gasteiger partial charge in [-0.2, -0.15) is 0 Å². The van der Waals surface area contributed by atoms with Crippen LogP contribution in [-0.4, -0.2) is 29.1 Å². The highest BCUT2D eigenvalue weighted by Gasteiger charge is 2.09. The van der Waals surface area contributed by atoms with Gasteiger partial charge >= 0.3 is 0 Å². The lowest BCUT2D eigenvalue weighted by Crippen LogP contribution is -2.14. The average Bonchev–Trinajstić information content (AvgIpc) is 2.86. The Balaban J connectivity index is 2.45. The molecular weight excluding hydrogens is 232 g/mol. The first-order chi connectivity index (χ1) is 8.76. The Kier molecular flexibility index (Phi) is 2.19. The zero-order valence-electron chi connectivity index (χ0n) is 9.90. The van der Waals surface area contributed by atoms with Crippen LogP contribution < -0.4 is 5.69 Å². The maximum Gasteiger partial charge on any atom is 0.236 e. The Morgan fingerprint density at radius 2 is 2.00 bits per heavy atom. The van der Waals surface area contributed by atoms with Crippen molar-refractivity contribution >= 4 is 11.2 Å². The Hall–Kier alpha value is -2.57. The van der Waals surface area contributed by atoms with Gasteiger partial charge in [-0.3, -0.25) is 15.0 Å². The standard InChI is InChI=1S/C11H10N6O/c1-3-16-6-14-7-8-10(13-5-12-9(7)16)17(4-2)11(18)15-8/h3-6H,1-2H3/q-2. The molecule has 0 fully saturated rings. The topological polar surface area (TPSA) is 78.5 Å². The molecule has 3 rings (SSSR count). The van der Waals surface area contributed by atoms with Crippen molar-refractivity contribution in [1.82, 2.24) is 29.1 Å². The van der Waals surface area contributed by atoms with E-state index in [1.165, 1.54) is 10.9 Å². The fourth-order valence-electron chi connectivity index (χ4n) is 1.90. The van der Waals surface area contributed by atoms with Crippen molar-refractivity contribution in [3.05, 3.63) is 36.2 Å².